The SMILES string of the molecule is CCCCn1c(=O)[nH]c(=O)c2c1nc(CCC(=O)N(C1CCC(C)CC1)C1CC1)n2CC(C)C. The molecule has 0 bridgehead atoms. The van der Waals surface area contributed by atoms with Crippen molar-refractivity contribution in [3.63, 3.8) is 0 Å². The Hall–Kier alpha value is -2.38. The normalized spacial score (nSPS) is 20.9. The van der Waals surface area contributed by atoms with Gasteiger partial charge in [0.2, 0.25) is 5.91 Å². The number of aromatic nitrogens is 4. The van der Waals surface area contributed by atoms with Crippen molar-refractivity contribution in [1.29, 1.82) is 0 Å². The quantitative estimate of drug-likeness (QED) is 0.570. The minimum Gasteiger partial charge on any atom is -0.337 e. The first-order valence-electron chi connectivity index (χ1n) is 13.3. The lowest BCUT2D eigenvalue weighted by Gasteiger charge is -2.36. The molecule has 2 aromatic rings. The molecular weight excluding hydrogens is 430 g/mol. The van der Waals surface area contributed by atoms with E-state index in [0.717, 1.165) is 50.3 Å². The van der Waals surface area contributed by atoms with Crippen LogP contribution < -0.4 is 11.2 Å². The van der Waals surface area contributed by atoms with Gasteiger partial charge in [0, 0.05) is 38.0 Å². The molecule has 2 aliphatic carbocycles. The molecule has 2 aromatic heterocycles. The Bertz CT molecular complexity index is 1120. The van der Waals surface area contributed by atoms with Crippen molar-refractivity contribution < 1.29 is 4.79 Å². The number of nitrogens with zero attached hydrogens (tertiary/aromatic N) is 4. The van der Waals surface area contributed by atoms with Crippen LogP contribution >= 0.6 is 0 Å². The second-order valence-corrected chi connectivity index (χ2v) is 10.9. The van der Waals surface area contributed by atoms with E-state index in [1.54, 1.807) is 4.57 Å². The lowest BCUT2D eigenvalue weighted by Crippen LogP contribution is -2.43. The summed E-state index contributed by atoms with van der Waals surface area (Å²) in [4.78, 5) is 48.2. The van der Waals surface area contributed by atoms with Gasteiger partial charge in [-0.2, -0.15) is 0 Å². The molecule has 0 atom stereocenters. The number of fused-ring (bicyclic) bond motifs is 1. The van der Waals surface area contributed by atoms with E-state index in [1.807, 2.05) is 4.57 Å². The molecule has 1 amide bonds. The zero-order valence-electron chi connectivity index (χ0n) is 21.3. The van der Waals surface area contributed by atoms with Crippen molar-refractivity contribution in [2.24, 2.45) is 11.8 Å². The average molecular weight is 472 g/mol. The summed E-state index contributed by atoms with van der Waals surface area (Å²) < 4.78 is 3.53. The van der Waals surface area contributed by atoms with Gasteiger partial charge in [-0.1, -0.05) is 34.1 Å². The van der Waals surface area contributed by atoms with Gasteiger partial charge in [-0.15, -0.1) is 0 Å². The predicted molar refractivity (Wildman–Crippen MR) is 134 cm³/mol. The third-order valence-electron chi connectivity index (χ3n) is 7.42. The fourth-order valence-electron chi connectivity index (χ4n) is 5.42. The van der Waals surface area contributed by atoms with Gasteiger partial charge in [0.05, 0.1) is 0 Å². The van der Waals surface area contributed by atoms with Crippen molar-refractivity contribution in [3.05, 3.63) is 26.7 Å². The molecule has 0 aliphatic heterocycles. The molecule has 0 aromatic carbocycles. The number of hydrogen-bond donors (Lipinski definition) is 1. The molecule has 4 rings (SSSR count). The maximum absolute atomic E-state index is 13.4. The molecule has 188 valence electrons. The Balaban J connectivity index is 1.61. The van der Waals surface area contributed by atoms with Gasteiger partial charge in [-0.3, -0.25) is 19.1 Å². The van der Waals surface area contributed by atoms with Crippen molar-refractivity contribution >= 4 is 17.1 Å². The number of H-pyrrole nitrogens is 1. The smallest absolute Gasteiger partial charge is 0.330 e. The van der Waals surface area contributed by atoms with Crippen LogP contribution in [0.5, 0.6) is 0 Å². The zero-order valence-corrected chi connectivity index (χ0v) is 21.3. The van der Waals surface area contributed by atoms with Gasteiger partial charge >= 0.3 is 5.69 Å². The van der Waals surface area contributed by atoms with Crippen LogP contribution in [0.3, 0.4) is 0 Å². The summed E-state index contributed by atoms with van der Waals surface area (Å²) in [6.45, 7) is 9.72. The number of carbonyl (C=O) groups excluding carboxylic acids is 1. The van der Waals surface area contributed by atoms with Crippen LogP contribution in [0, 0.1) is 11.8 Å². The van der Waals surface area contributed by atoms with E-state index in [1.165, 1.54) is 12.8 Å². The Morgan fingerprint density at radius 1 is 1.09 bits per heavy atom. The first-order valence-corrected chi connectivity index (χ1v) is 13.3. The molecule has 0 saturated heterocycles. The van der Waals surface area contributed by atoms with Crippen molar-refractivity contribution in [2.75, 3.05) is 0 Å². The number of nitrogens with one attached hydrogen (secondary N) is 1. The molecule has 1 N–H and O–H groups in total. The molecule has 8 nitrogen and oxygen atoms in total. The number of amides is 1. The average Bonchev–Trinajstić information content (AvgIpc) is 3.55. The predicted octanol–water partition coefficient (Wildman–Crippen LogP) is 3.84. The number of aryl methyl sites for hydroxylation is 2. The largest absolute Gasteiger partial charge is 0.337 e. The lowest BCUT2D eigenvalue weighted by molar-refractivity contribution is -0.135. The molecule has 0 unspecified atom stereocenters. The number of unbranched alkanes of at least 4 members (excludes halogenated alkanes) is 1. The van der Waals surface area contributed by atoms with Crippen molar-refractivity contribution in [2.45, 2.75) is 117 Å². The highest BCUT2D eigenvalue weighted by Crippen LogP contribution is 2.35. The summed E-state index contributed by atoms with van der Waals surface area (Å²) in [7, 11) is 0. The molecule has 0 spiro atoms. The van der Waals surface area contributed by atoms with Crippen LogP contribution in [-0.2, 0) is 24.3 Å². The first kappa shape index (κ1) is 24.7. The van der Waals surface area contributed by atoms with E-state index in [9.17, 15) is 14.4 Å². The second kappa shape index (κ2) is 10.5. The van der Waals surface area contributed by atoms with Crippen molar-refractivity contribution in [1.82, 2.24) is 24.0 Å². The van der Waals surface area contributed by atoms with Gasteiger partial charge in [0.15, 0.2) is 11.2 Å². The van der Waals surface area contributed by atoms with E-state index in [-0.39, 0.29) is 5.91 Å². The summed E-state index contributed by atoms with van der Waals surface area (Å²) in [6, 6.07) is 0.773. The van der Waals surface area contributed by atoms with Crippen LogP contribution in [-0.4, -0.2) is 42.0 Å². The minimum atomic E-state index is -0.408. The molecule has 0 radical (unpaired) electrons. The highest BCUT2D eigenvalue weighted by Gasteiger charge is 2.38. The summed E-state index contributed by atoms with van der Waals surface area (Å²) in [6.07, 6.45) is 9.48. The van der Waals surface area contributed by atoms with E-state index < -0.39 is 11.2 Å². The maximum Gasteiger partial charge on any atom is 0.330 e. The van der Waals surface area contributed by atoms with Crippen LogP contribution in [0.1, 0.15) is 91.3 Å². The van der Waals surface area contributed by atoms with Gasteiger partial charge in [-0.05, 0) is 56.8 Å². The number of aromatic amines is 1. The summed E-state index contributed by atoms with van der Waals surface area (Å²) in [5.41, 5.74) is 0.0985. The Kier molecular flexibility index (Phi) is 7.63. The molecular formula is C26H41N5O3. The third kappa shape index (κ3) is 5.31. The second-order valence-electron chi connectivity index (χ2n) is 10.9. The number of hydrogen-bond acceptors (Lipinski definition) is 4. The fourth-order valence-corrected chi connectivity index (χ4v) is 5.42. The maximum atomic E-state index is 13.4. The molecule has 2 heterocycles. The van der Waals surface area contributed by atoms with E-state index in [2.05, 4.69) is 37.6 Å². The number of rotatable bonds is 10. The van der Waals surface area contributed by atoms with Crippen molar-refractivity contribution in [3.8, 4) is 0 Å². The molecule has 2 fully saturated rings. The number of imidazole rings is 1. The minimum absolute atomic E-state index is 0.211. The number of carbonyl (C=O) groups is 1. The molecule has 8 heteroatoms. The van der Waals surface area contributed by atoms with Crippen LogP contribution in [0.25, 0.3) is 11.2 Å². The van der Waals surface area contributed by atoms with E-state index in [4.69, 9.17) is 4.98 Å². The van der Waals surface area contributed by atoms with Crippen LogP contribution in [0.15, 0.2) is 9.59 Å². The summed E-state index contributed by atoms with van der Waals surface area (Å²) in [5, 5.41) is 0. The Morgan fingerprint density at radius 3 is 2.32 bits per heavy atom. The lowest BCUT2D eigenvalue weighted by atomic mass is 9.86. The monoisotopic (exact) mass is 471 g/mol. The molecule has 2 aliphatic rings. The Labute approximate surface area is 201 Å². The highest BCUT2D eigenvalue weighted by atomic mass is 16.2. The molecule has 34 heavy (non-hydrogen) atoms. The first-order chi connectivity index (χ1) is 16.3. The standard InChI is InChI=1S/C26H41N5O3/c1-5-6-15-29-24-23(25(33)28-26(29)34)30(16-17(2)3)21(27-24)13-14-22(32)31(20-11-12-20)19-9-7-18(4)8-10-19/h17-20H,5-16H2,1-4H3,(H,28,33,34). The van der Waals surface area contributed by atoms with Gasteiger partial charge < -0.3 is 9.47 Å². The third-order valence-corrected chi connectivity index (χ3v) is 7.42. The Morgan fingerprint density at radius 2 is 1.74 bits per heavy atom. The van der Waals surface area contributed by atoms with Crippen LogP contribution in [0.2, 0.25) is 0 Å². The van der Waals surface area contributed by atoms with Gasteiger partial charge in [0.25, 0.3) is 5.56 Å². The van der Waals surface area contributed by atoms with Gasteiger partial charge in [0.1, 0.15) is 5.82 Å². The van der Waals surface area contributed by atoms with E-state index in [0.29, 0.717) is 55.1 Å². The zero-order chi connectivity index (χ0) is 24.4. The summed E-state index contributed by atoms with van der Waals surface area (Å²) >= 11 is 0. The topological polar surface area (TPSA) is 93.0 Å². The van der Waals surface area contributed by atoms with Gasteiger partial charge in [-0.25, -0.2) is 9.78 Å². The highest BCUT2D eigenvalue weighted by molar-refractivity contribution is 5.78. The summed E-state index contributed by atoms with van der Waals surface area (Å²) in [5.74, 6) is 2.00. The van der Waals surface area contributed by atoms with E-state index >= 15 is 0 Å². The van der Waals surface area contributed by atoms with Crippen LogP contribution in [0.4, 0.5) is 0 Å². The fraction of sp³-hybridized carbons (Fsp3) is 0.769. The molecule has 2 saturated carbocycles.